The fourth-order valence-electron chi connectivity index (χ4n) is 2.18. The molecule has 0 amide bonds. The monoisotopic (exact) mass is 344 g/mol. The second-order valence-electron chi connectivity index (χ2n) is 4.75. The van der Waals surface area contributed by atoms with Crippen molar-refractivity contribution in [2.24, 2.45) is 0 Å². The summed E-state index contributed by atoms with van der Waals surface area (Å²) in [6.45, 7) is 0. The lowest BCUT2D eigenvalue weighted by Crippen LogP contribution is -2.20. The zero-order valence-corrected chi connectivity index (χ0v) is 15.1. The van der Waals surface area contributed by atoms with Crippen LogP contribution in [0.1, 0.15) is 0 Å². The fraction of sp³-hybridized carbons (Fsp3) is 0.100. The first-order chi connectivity index (χ1) is 10.9. The van der Waals surface area contributed by atoms with E-state index in [1.807, 2.05) is 0 Å². The van der Waals surface area contributed by atoms with Crippen LogP contribution in [0.2, 0.25) is 0 Å². The third-order valence-electron chi connectivity index (χ3n) is 3.04. The van der Waals surface area contributed by atoms with E-state index in [0.29, 0.717) is 0 Å². The van der Waals surface area contributed by atoms with Gasteiger partial charge in [0.25, 0.3) is 0 Å². The van der Waals surface area contributed by atoms with Crippen LogP contribution >= 0.6 is 20.3 Å². The molecule has 0 aliphatic rings. The summed E-state index contributed by atoms with van der Waals surface area (Å²) in [4.78, 5) is 0. The number of rotatable bonds is 3. The summed E-state index contributed by atoms with van der Waals surface area (Å²) < 4.78 is 4.25. The number of ether oxygens (including phenoxy) is 1. The molecule has 23 heavy (non-hydrogen) atoms. The molecule has 1 nitrogen and oxygen atoms in total. The molecule has 0 spiro atoms. The first-order valence-electron chi connectivity index (χ1n) is 7.22. The molecule has 0 N–H and O–H groups in total. The molecule has 0 atom stereocenters. The van der Waals surface area contributed by atoms with Crippen LogP contribution in [0.4, 0.5) is 0 Å². The summed E-state index contributed by atoms with van der Waals surface area (Å²) in [5, 5.41) is 4.19. The van der Waals surface area contributed by atoms with Crippen molar-refractivity contribution in [2.45, 2.75) is 0 Å². The summed E-state index contributed by atoms with van der Waals surface area (Å²) >= 11 is 0. The van der Waals surface area contributed by atoms with Gasteiger partial charge in [0, 0.05) is 14.2 Å². The van der Waals surface area contributed by atoms with Crippen LogP contribution in [-0.4, -0.2) is 14.2 Å². The lowest BCUT2D eigenvalue weighted by Gasteiger charge is -2.18. The highest BCUT2D eigenvalue weighted by Crippen LogP contribution is 2.32. The van der Waals surface area contributed by atoms with Gasteiger partial charge < -0.3 is 4.74 Å². The standard InChI is InChI=1S/C18H15P.C2H6O.ClH/c1-4-10-16(11-5-1)19(17-12-6-2-7-13-17)18-14-8-3-9-15-18;1-3-2;/h1-15H;1-2H3;1H. The molecular weight excluding hydrogens is 323 g/mol. The Bertz CT molecular complexity index is 550. The number of hydrogen-bond acceptors (Lipinski definition) is 1. The second-order valence-corrected chi connectivity index (χ2v) is 6.97. The lowest BCUT2D eigenvalue weighted by molar-refractivity contribution is 0.277. The Morgan fingerprint density at radius 2 is 0.739 bits per heavy atom. The second kappa shape index (κ2) is 11.0. The van der Waals surface area contributed by atoms with Crippen LogP contribution in [0.15, 0.2) is 91.0 Å². The maximum atomic E-state index is 4.25. The highest BCUT2D eigenvalue weighted by Gasteiger charge is 2.14. The summed E-state index contributed by atoms with van der Waals surface area (Å²) in [7, 11) is 2.80. The van der Waals surface area contributed by atoms with E-state index in [9.17, 15) is 0 Å². The van der Waals surface area contributed by atoms with E-state index in [1.165, 1.54) is 15.9 Å². The van der Waals surface area contributed by atoms with E-state index >= 15 is 0 Å². The van der Waals surface area contributed by atoms with Gasteiger partial charge in [-0.1, -0.05) is 91.0 Å². The van der Waals surface area contributed by atoms with Gasteiger partial charge in [-0.3, -0.25) is 0 Å². The van der Waals surface area contributed by atoms with E-state index in [4.69, 9.17) is 0 Å². The van der Waals surface area contributed by atoms with Gasteiger partial charge in [-0.05, 0) is 23.8 Å². The van der Waals surface area contributed by atoms with Crippen molar-refractivity contribution in [1.82, 2.24) is 0 Å². The highest BCUT2D eigenvalue weighted by molar-refractivity contribution is 7.79. The average molecular weight is 345 g/mol. The number of benzene rings is 3. The van der Waals surface area contributed by atoms with Gasteiger partial charge in [-0.25, -0.2) is 0 Å². The smallest absolute Gasteiger partial charge is 0.0351 e. The summed E-state index contributed by atoms with van der Waals surface area (Å²) in [6, 6.07) is 32.3. The first-order valence-corrected chi connectivity index (χ1v) is 8.56. The van der Waals surface area contributed by atoms with Crippen molar-refractivity contribution in [2.75, 3.05) is 14.2 Å². The summed E-state index contributed by atoms with van der Waals surface area (Å²) in [6.07, 6.45) is 0. The predicted molar refractivity (Wildman–Crippen MR) is 105 cm³/mol. The molecule has 3 heteroatoms. The van der Waals surface area contributed by atoms with Crippen LogP contribution in [0.25, 0.3) is 0 Å². The van der Waals surface area contributed by atoms with E-state index in [1.54, 1.807) is 14.2 Å². The van der Waals surface area contributed by atoms with Crippen molar-refractivity contribution in [3.63, 3.8) is 0 Å². The zero-order chi connectivity index (χ0) is 15.6. The molecule has 0 unspecified atom stereocenters. The van der Waals surface area contributed by atoms with Crippen molar-refractivity contribution in [3.8, 4) is 0 Å². The molecule has 3 aromatic rings. The summed E-state index contributed by atoms with van der Waals surface area (Å²) in [5.41, 5.74) is 0. The molecule has 3 aromatic carbocycles. The third-order valence-corrected chi connectivity index (χ3v) is 5.49. The van der Waals surface area contributed by atoms with Gasteiger partial charge >= 0.3 is 0 Å². The Labute approximate surface area is 146 Å². The first kappa shape index (κ1) is 19.4. The van der Waals surface area contributed by atoms with Gasteiger partial charge in [0.05, 0.1) is 0 Å². The molecule has 0 bridgehead atoms. The van der Waals surface area contributed by atoms with Gasteiger partial charge in [0.15, 0.2) is 0 Å². The van der Waals surface area contributed by atoms with E-state index in [0.717, 1.165) is 0 Å². The van der Waals surface area contributed by atoms with Crippen LogP contribution in [0.3, 0.4) is 0 Å². The predicted octanol–water partition coefficient (Wildman–Crippen LogP) is 4.13. The van der Waals surface area contributed by atoms with Crippen molar-refractivity contribution >= 4 is 36.2 Å². The normalized spacial score (nSPS) is 9.52. The van der Waals surface area contributed by atoms with Gasteiger partial charge in [0.1, 0.15) is 0 Å². The van der Waals surface area contributed by atoms with Gasteiger partial charge in [0.2, 0.25) is 0 Å². The number of methoxy groups -OCH3 is 1. The largest absolute Gasteiger partial charge is 0.388 e. The molecule has 0 fully saturated rings. The highest BCUT2D eigenvalue weighted by atomic mass is 35.5. The fourth-order valence-corrected chi connectivity index (χ4v) is 4.48. The number of hydrogen-bond donors (Lipinski definition) is 0. The van der Waals surface area contributed by atoms with Gasteiger partial charge in [-0.2, -0.15) is 0 Å². The minimum absolute atomic E-state index is 0. The Morgan fingerprint density at radius 1 is 0.522 bits per heavy atom. The maximum absolute atomic E-state index is 4.25. The molecule has 3 rings (SSSR count). The molecule has 0 aliphatic carbocycles. The van der Waals surface area contributed by atoms with Gasteiger partial charge in [-0.15, -0.1) is 12.4 Å². The van der Waals surface area contributed by atoms with Crippen LogP contribution in [-0.2, 0) is 4.74 Å². The summed E-state index contributed by atoms with van der Waals surface area (Å²) in [5.74, 6) is 0. The van der Waals surface area contributed by atoms with Crippen molar-refractivity contribution < 1.29 is 4.74 Å². The molecule has 0 saturated heterocycles. The van der Waals surface area contributed by atoms with Crippen molar-refractivity contribution in [1.29, 1.82) is 0 Å². The van der Waals surface area contributed by atoms with E-state index in [-0.39, 0.29) is 12.4 Å². The molecule has 0 aliphatic heterocycles. The van der Waals surface area contributed by atoms with Crippen molar-refractivity contribution in [3.05, 3.63) is 91.0 Å². The molecule has 0 radical (unpaired) electrons. The quantitative estimate of drug-likeness (QED) is 0.649. The Balaban J connectivity index is 0.000000615. The van der Waals surface area contributed by atoms with Crippen LogP contribution in [0, 0.1) is 0 Å². The molecular formula is C20H22ClOP. The van der Waals surface area contributed by atoms with E-state index < -0.39 is 7.92 Å². The topological polar surface area (TPSA) is 9.23 Å². The third kappa shape index (κ3) is 5.80. The molecule has 0 aromatic heterocycles. The molecule has 0 heterocycles. The Kier molecular flexibility index (Phi) is 9.24. The SMILES string of the molecule is COC.Cl.c1ccc(P(c2ccccc2)c2ccccc2)cc1. The number of halogens is 1. The van der Waals surface area contributed by atoms with Crippen LogP contribution < -0.4 is 15.9 Å². The Morgan fingerprint density at radius 3 is 0.957 bits per heavy atom. The van der Waals surface area contributed by atoms with E-state index in [2.05, 4.69) is 95.7 Å². The maximum Gasteiger partial charge on any atom is 0.0351 e. The minimum Gasteiger partial charge on any atom is -0.388 e. The molecule has 120 valence electrons. The van der Waals surface area contributed by atoms with Crippen LogP contribution in [0.5, 0.6) is 0 Å². The zero-order valence-electron chi connectivity index (χ0n) is 13.4. The Hall–Kier alpha value is -1.66. The average Bonchev–Trinajstić information content (AvgIpc) is 2.59. The minimum atomic E-state index is -0.446. The molecule has 0 saturated carbocycles. The lowest BCUT2D eigenvalue weighted by atomic mass is 10.4.